The first-order valence-corrected chi connectivity index (χ1v) is 19.3. The third kappa shape index (κ3) is 5.94. The quantitative estimate of drug-likeness (QED) is 0.171. The van der Waals surface area contributed by atoms with Crippen molar-refractivity contribution in [3.63, 3.8) is 0 Å². The molecule has 266 valence electrons. The molecule has 11 aromatic rings. The number of para-hydroxylation sites is 1. The van der Waals surface area contributed by atoms with Gasteiger partial charge in [0.1, 0.15) is 11.2 Å². The van der Waals surface area contributed by atoms with Gasteiger partial charge in [0.2, 0.25) is 0 Å². The number of hydrogen-bond acceptors (Lipinski definition) is 3. The fourth-order valence-corrected chi connectivity index (χ4v) is 8.20. The monoisotopic (exact) mass is 726 g/mol. The van der Waals surface area contributed by atoms with Gasteiger partial charge in [-0.05, 0) is 97.7 Å². The average Bonchev–Trinajstić information content (AvgIpc) is 3.65. The van der Waals surface area contributed by atoms with Crippen molar-refractivity contribution in [3.8, 4) is 67.2 Å². The summed E-state index contributed by atoms with van der Waals surface area (Å²) in [7, 11) is 0. The Balaban J connectivity index is 1.08. The van der Waals surface area contributed by atoms with Crippen molar-refractivity contribution < 1.29 is 4.42 Å². The average molecular weight is 727 g/mol. The van der Waals surface area contributed by atoms with E-state index in [-0.39, 0.29) is 0 Å². The summed E-state index contributed by atoms with van der Waals surface area (Å²) in [4.78, 5) is 10.5. The van der Waals surface area contributed by atoms with E-state index in [9.17, 15) is 0 Å². The highest BCUT2D eigenvalue weighted by molar-refractivity contribution is 6.16. The Kier molecular flexibility index (Phi) is 7.82. The highest BCUT2D eigenvalue weighted by atomic mass is 16.3. The zero-order chi connectivity index (χ0) is 37.7. The fourth-order valence-electron chi connectivity index (χ4n) is 8.20. The van der Waals surface area contributed by atoms with Crippen molar-refractivity contribution in [2.24, 2.45) is 0 Å². The molecule has 0 aliphatic carbocycles. The van der Waals surface area contributed by atoms with E-state index in [1.54, 1.807) is 0 Å². The van der Waals surface area contributed by atoms with E-state index < -0.39 is 0 Å². The van der Waals surface area contributed by atoms with Gasteiger partial charge >= 0.3 is 0 Å². The van der Waals surface area contributed by atoms with Crippen LogP contribution in [0.5, 0.6) is 0 Å². The number of rotatable bonds is 6. The van der Waals surface area contributed by atoms with Crippen LogP contribution < -0.4 is 0 Å². The van der Waals surface area contributed by atoms with Gasteiger partial charge in [0, 0.05) is 27.3 Å². The number of furan rings is 1. The highest BCUT2D eigenvalue weighted by Gasteiger charge is 2.19. The second-order valence-corrected chi connectivity index (χ2v) is 14.6. The molecule has 0 amide bonds. The van der Waals surface area contributed by atoms with Crippen LogP contribution in [0.25, 0.3) is 111 Å². The van der Waals surface area contributed by atoms with Crippen molar-refractivity contribution in [1.82, 2.24) is 9.97 Å². The van der Waals surface area contributed by atoms with Crippen molar-refractivity contribution in [1.29, 1.82) is 0 Å². The second kappa shape index (κ2) is 13.6. The molecule has 0 saturated heterocycles. The normalized spacial score (nSPS) is 11.5. The molecule has 0 radical (unpaired) electrons. The summed E-state index contributed by atoms with van der Waals surface area (Å²) in [6.45, 7) is 0. The Morgan fingerprint density at radius 1 is 0.316 bits per heavy atom. The lowest BCUT2D eigenvalue weighted by molar-refractivity contribution is 0.669. The molecular weight excluding hydrogens is 693 g/mol. The van der Waals surface area contributed by atoms with Gasteiger partial charge in [-0.3, -0.25) is 0 Å². The van der Waals surface area contributed by atoms with Gasteiger partial charge in [0.15, 0.2) is 5.82 Å². The lowest BCUT2D eigenvalue weighted by atomic mass is 9.93. The third-order valence-corrected chi connectivity index (χ3v) is 11.0. The van der Waals surface area contributed by atoms with Gasteiger partial charge in [0.05, 0.1) is 11.2 Å². The molecule has 0 atom stereocenters. The van der Waals surface area contributed by atoms with Crippen molar-refractivity contribution in [2.75, 3.05) is 0 Å². The van der Waals surface area contributed by atoms with Crippen LogP contribution in [0.15, 0.2) is 211 Å². The van der Waals surface area contributed by atoms with Gasteiger partial charge in [-0.1, -0.05) is 164 Å². The van der Waals surface area contributed by atoms with Gasteiger partial charge in [-0.2, -0.15) is 0 Å². The molecule has 0 fully saturated rings. The van der Waals surface area contributed by atoms with Gasteiger partial charge in [-0.15, -0.1) is 0 Å². The second-order valence-electron chi connectivity index (χ2n) is 14.6. The Morgan fingerprint density at radius 3 is 1.56 bits per heavy atom. The minimum absolute atomic E-state index is 0.649. The molecule has 3 nitrogen and oxygen atoms in total. The van der Waals surface area contributed by atoms with Crippen LogP contribution in [0.4, 0.5) is 0 Å². The van der Waals surface area contributed by atoms with Gasteiger partial charge in [0.25, 0.3) is 0 Å². The van der Waals surface area contributed by atoms with E-state index in [1.165, 1.54) is 27.6 Å². The molecular formula is C54H34N2O. The SMILES string of the molecule is c1ccc(-c2cccc(-c3ccc(-c4nc(-c5cc(-c6cccc(-c7ccccc7)c6)c6c(c5)oc5cc7ccccc7cc56)nc5ccccc45)cc3)c2)cc1. The summed E-state index contributed by atoms with van der Waals surface area (Å²) in [5.41, 5.74) is 14.6. The van der Waals surface area contributed by atoms with E-state index in [4.69, 9.17) is 14.4 Å². The number of aromatic nitrogens is 2. The lowest BCUT2D eigenvalue weighted by Gasteiger charge is -2.13. The summed E-state index contributed by atoms with van der Waals surface area (Å²) < 4.78 is 6.74. The van der Waals surface area contributed by atoms with E-state index in [0.29, 0.717) is 5.82 Å². The molecule has 0 spiro atoms. The first-order chi connectivity index (χ1) is 28.2. The Morgan fingerprint density at radius 2 is 0.860 bits per heavy atom. The molecule has 0 bridgehead atoms. The molecule has 9 aromatic carbocycles. The van der Waals surface area contributed by atoms with Crippen LogP contribution in [0.1, 0.15) is 0 Å². The summed E-state index contributed by atoms with van der Waals surface area (Å²) in [5.74, 6) is 0.649. The molecule has 0 saturated carbocycles. The Labute approximate surface area is 330 Å². The Hall–Kier alpha value is -7.62. The zero-order valence-corrected chi connectivity index (χ0v) is 30.9. The van der Waals surface area contributed by atoms with E-state index in [2.05, 4.69) is 200 Å². The fraction of sp³-hybridized carbons (Fsp3) is 0. The minimum atomic E-state index is 0.649. The first-order valence-electron chi connectivity index (χ1n) is 19.3. The number of hydrogen-bond donors (Lipinski definition) is 0. The van der Waals surface area contributed by atoms with Crippen LogP contribution in [-0.4, -0.2) is 9.97 Å². The first kappa shape index (κ1) is 32.8. The third-order valence-electron chi connectivity index (χ3n) is 11.0. The summed E-state index contributed by atoms with van der Waals surface area (Å²) in [6, 6.07) is 72.8. The topological polar surface area (TPSA) is 38.9 Å². The Bertz CT molecular complexity index is 3270. The zero-order valence-electron chi connectivity index (χ0n) is 30.9. The van der Waals surface area contributed by atoms with Crippen LogP contribution in [-0.2, 0) is 0 Å². The number of benzene rings is 9. The molecule has 0 aliphatic rings. The predicted molar refractivity (Wildman–Crippen MR) is 237 cm³/mol. The molecule has 0 aliphatic heterocycles. The molecule has 2 heterocycles. The van der Waals surface area contributed by atoms with Crippen molar-refractivity contribution >= 4 is 43.6 Å². The number of nitrogens with zero attached hydrogens (tertiary/aromatic N) is 2. The maximum Gasteiger partial charge on any atom is 0.160 e. The molecule has 2 aromatic heterocycles. The highest BCUT2D eigenvalue weighted by Crippen LogP contribution is 2.42. The van der Waals surface area contributed by atoms with Crippen LogP contribution >= 0.6 is 0 Å². The lowest BCUT2D eigenvalue weighted by Crippen LogP contribution is -1.96. The maximum atomic E-state index is 6.74. The standard InChI is InChI=1S/C54H34N2O/c1-3-13-35(14-4-1)39-19-11-20-40(29-39)37-25-27-38(28-26-37)53-46-23-9-10-24-49(46)55-54(56-53)45-32-47(44-22-12-21-41(30-44)36-15-5-2-6-16-36)52-48-31-42-17-7-8-18-43(42)33-50(48)57-51(52)34-45/h1-34H. The minimum Gasteiger partial charge on any atom is -0.456 e. The van der Waals surface area contributed by atoms with Crippen LogP contribution in [0.2, 0.25) is 0 Å². The maximum absolute atomic E-state index is 6.74. The van der Waals surface area contributed by atoms with Crippen LogP contribution in [0, 0.1) is 0 Å². The molecule has 3 heteroatoms. The summed E-state index contributed by atoms with van der Waals surface area (Å²) >= 11 is 0. The summed E-state index contributed by atoms with van der Waals surface area (Å²) in [5, 5.41) is 5.50. The number of fused-ring (bicyclic) bond motifs is 5. The van der Waals surface area contributed by atoms with Gasteiger partial charge in [-0.25, -0.2) is 9.97 Å². The molecule has 11 rings (SSSR count). The van der Waals surface area contributed by atoms with Crippen molar-refractivity contribution in [2.45, 2.75) is 0 Å². The molecule has 57 heavy (non-hydrogen) atoms. The largest absolute Gasteiger partial charge is 0.456 e. The van der Waals surface area contributed by atoms with E-state index in [1.807, 2.05) is 6.07 Å². The van der Waals surface area contributed by atoms with E-state index in [0.717, 1.165) is 77.3 Å². The summed E-state index contributed by atoms with van der Waals surface area (Å²) in [6.07, 6.45) is 0. The molecule has 0 N–H and O–H groups in total. The van der Waals surface area contributed by atoms with E-state index >= 15 is 0 Å². The van der Waals surface area contributed by atoms with Gasteiger partial charge < -0.3 is 4.42 Å². The molecule has 0 unspecified atom stereocenters. The van der Waals surface area contributed by atoms with Crippen molar-refractivity contribution in [3.05, 3.63) is 206 Å². The van der Waals surface area contributed by atoms with Crippen LogP contribution in [0.3, 0.4) is 0 Å². The predicted octanol–water partition coefficient (Wildman–Crippen LogP) is 14.7. The smallest absolute Gasteiger partial charge is 0.160 e.